The Morgan fingerprint density at radius 3 is 1.86 bits per heavy atom. The summed E-state index contributed by atoms with van der Waals surface area (Å²) in [4.78, 5) is 13.7. The van der Waals surface area contributed by atoms with Crippen LogP contribution >= 0.6 is 0 Å². The van der Waals surface area contributed by atoms with Gasteiger partial charge in [-0.05, 0) is 0 Å². The predicted molar refractivity (Wildman–Crippen MR) is 59.4 cm³/mol. The van der Waals surface area contributed by atoms with E-state index in [1.807, 2.05) is 0 Å². The zero-order valence-electron chi connectivity index (χ0n) is 9.85. The van der Waals surface area contributed by atoms with Gasteiger partial charge in [-0.25, -0.2) is 0 Å². The first-order valence-corrected chi connectivity index (χ1v) is 6.84. The van der Waals surface area contributed by atoms with Crippen molar-refractivity contribution < 1.29 is 4.79 Å². The van der Waals surface area contributed by atoms with Crippen LogP contribution in [0.3, 0.4) is 0 Å². The Balaban J connectivity index is 3.03. The molecule has 3 radical (unpaired) electrons. The molecule has 0 bridgehead atoms. The Labute approximate surface area is 101 Å². The molecule has 1 rings (SSSR count). The fourth-order valence-corrected chi connectivity index (χ4v) is 5.98. The third-order valence-corrected chi connectivity index (χ3v) is 4.18. The molecule has 2 nitrogen and oxygen atoms in total. The fourth-order valence-electron chi connectivity index (χ4n) is 3.13. The summed E-state index contributed by atoms with van der Waals surface area (Å²) in [6.45, 7) is 10.4. The van der Waals surface area contributed by atoms with Crippen molar-refractivity contribution in [3.8, 4) is 0 Å². The van der Waals surface area contributed by atoms with Crippen LogP contribution in [-0.4, -0.2) is 44.4 Å². The molecule has 1 saturated heterocycles. The number of likely N-dealkylation sites (tertiary alicyclic amines) is 1. The van der Waals surface area contributed by atoms with Crippen molar-refractivity contribution in [1.82, 2.24) is 4.90 Å². The van der Waals surface area contributed by atoms with E-state index in [9.17, 15) is 4.79 Å². The average Bonchev–Trinajstić information content (AvgIpc) is 1.75. The number of piperidine rings is 1. The van der Waals surface area contributed by atoms with Crippen LogP contribution in [-0.2, 0) is 4.79 Å². The first kappa shape index (κ1) is 12.3. The molecule has 0 saturated carbocycles. The Morgan fingerprint density at radius 2 is 1.57 bits per heavy atom. The minimum atomic E-state index is 0.0294. The molecule has 1 heterocycles. The molecule has 0 aromatic carbocycles. The van der Waals surface area contributed by atoms with Gasteiger partial charge < -0.3 is 0 Å². The van der Waals surface area contributed by atoms with E-state index in [1.54, 1.807) is 29.4 Å². The SMILES string of the molecule is CC(=O)N1C(C)(C)C[CH]([Sn])CC1(C)C. The molecular formula is C11H20NOSn. The summed E-state index contributed by atoms with van der Waals surface area (Å²) >= 11 is 1.61. The van der Waals surface area contributed by atoms with Crippen molar-refractivity contribution in [2.75, 3.05) is 0 Å². The monoisotopic (exact) mass is 302 g/mol. The Morgan fingerprint density at radius 1 is 1.21 bits per heavy atom. The Kier molecular flexibility index (Phi) is 3.25. The van der Waals surface area contributed by atoms with Gasteiger partial charge in [0.25, 0.3) is 0 Å². The van der Waals surface area contributed by atoms with E-state index in [1.165, 1.54) is 0 Å². The van der Waals surface area contributed by atoms with Crippen LogP contribution in [0.15, 0.2) is 0 Å². The fraction of sp³-hybridized carbons (Fsp3) is 0.909. The number of rotatable bonds is 0. The van der Waals surface area contributed by atoms with E-state index in [2.05, 4.69) is 32.6 Å². The maximum absolute atomic E-state index is 11.7. The molecule has 3 heteroatoms. The van der Waals surface area contributed by atoms with Gasteiger partial charge in [0.15, 0.2) is 0 Å². The molecule has 1 fully saturated rings. The second kappa shape index (κ2) is 3.69. The minimum absolute atomic E-state index is 0.0294. The van der Waals surface area contributed by atoms with Gasteiger partial charge in [-0.2, -0.15) is 0 Å². The van der Waals surface area contributed by atoms with Gasteiger partial charge in [-0.15, -0.1) is 0 Å². The molecule has 0 aromatic heterocycles. The molecule has 79 valence electrons. The van der Waals surface area contributed by atoms with E-state index in [4.69, 9.17) is 0 Å². The number of carbonyl (C=O) groups excluding carboxylic acids is 1. The Hall–Kier alpha value is 0.269. The number of nitrogens with zero attached hydrogens (tertiary/aromatic N) is 1. The molecule has 1 aliphatic rings. The van der Waals surface area contributed by atoms with Crippen molar-refractivity contribution in [3.63, 3.8) is 0 Å². The molecular weight excluding hydrogens is 281 g/mol. The first-order chi connectivity index (χ1) is 6.17. The number of hydrogen-bond donors (Lipinski definition) is 0. The molecule has 0 aliphatic carbocycles. The molecule has 0 N–H and O–H groups in total. The topological polar surface area (TPSA) is 20.3 Å². The predicted octanol–water partition coefficient (Wildman–Crippen LogP) is 2.14. The Bertz CT molecular complexity index is 230. The molecule has 0 atom stereocenters. The van der Waals surface area contributed by atoms with Gasteiger partial charge >= 0.3 is 101 Å². The van der Waals surface area contributed by atoms with Crippen molar-refractivity contribution in [2.45, 2.75) is 62.5 Å². The molecule has 0 spiro atoms. The van der Waals surface area contributed by atoms with E-state index < -0.39 is 0 Å². The van der Waals surface area contributed by atoms with E-state index >= 15 is 0 Å². The summed E-state index contributed by atoms with van der Waals surface area (Å²) in [7, 11) is 0. The quantitative estimate of drug-likeness (QED) is 0.628. The molecule has 1 amide bonds. The number of carbonyl (C=O) groups is 1. The third kappa shape index (κ3) is 2.26. The van der Waals surface area contributed by atoms with Crippen LogP contribution in [0, 0.1) is 0 Å². The van der Waals surface area contributed by atoms with Crippen LogP contribution in [0.2, 0.25) is 3.93 Å². The van der Waals surface area contributed by atoms with Crippen molar-refractivity contribution in [3.05, 3.63) is 0 Å². The van der Waals surface area contributed by atoms with E-state index in [0.717, 1.165) is 16.8 Å². The standard InChI is InChI=1S/C11H20NO.Sn/c1-9(13)12-10(2,3)7-6-8-11(12,4)5;/h6H,7-8H2,1-5H3;. The van der Waals surface area contributed by atoms with Gasteiger partial charge in [-0.1, -0.05) is 0 Å². The second-order valence-corrected chi connectivity index (χ2v) is 7.91. The number of hydrogen-bond acceptors (Lipinski definition) is 1. The summed E-state index contributed by atoms with van der Waals surface area (Å²) in [6.07, 6.45) is 2.29. The summed E-state index contributed by atoms with van der Waals surface area (Å²) < 4.78 is 0.794. The van der Waals surface area contributed by atoms with Crippen LogP contribution in [0.1, 0.15) is 47.5 Å². The van der Waals surface area contributed by atoms with Crippen LogP contribution < -0.4 is 0 Å². The van der Waals surface area contributed by atoms with Gasteiger partial charge in [0.05, 0.1) is 0 Å². The van der Waals surface area contributed by atoms with Gasteiger partial charge in [0, 0.05) is 0 Å². The van der Waals surface area contributed by atoms with Crippen molar-refractivity contribution >= 4 is 28.4 Å². The van der Waals surface area contributed by atoms with Gasteiger partial charge in [0.1, 0.15) is 0 Å². The third-order valence-electron chi connectivity index (χ3n) is 3.02. The average molecular weight is 301 g/mol. The maximum atomic E-state index is 11.7. The molecule has 14 heavy (non-hydrogen) atoms. The molecule has 0 unspecified atom stereocenters. The molecule has 0 aromatic rings. The zero-order valence-corrected chi connectivity index (χ0v) is 12.7. The summed E-state index contributed by atoms with van der Waals surface area (Å²) in [6, 6.07) is 0. The molecule has 1 aliphatic heterocycles. The van der Waals surface area contributed by atoms with Crippen LogP contribution in [0.5, 0.6) is 0 Å². The van der Waals surface area contributed by atoms with Gasteiger partial charge in [0.2, 0.25) is 0 Å². The van der Waals surface area contributed by atoms with E-state index in [-0.39, 0.29) is 17.0 Å². The van der Waals surface area contributed by atoms with Gasteiger partial charge in [-0.3, -0.25) is 0 Å². The summed E-state index contributed by atoms with van der Waals surface area (Å²) in [5, 5.41) is 0. The normalized spacial score (nSPS) is 26.3. The van der Waals surface area contributed by atoms with Crippen molar-refractivity contribution in [1.29, 1.82) is 0 Å². The van der Waals surface area contributed by atoms with Crippen molar-refractivity contribution in [2.24, 2.45) is 0 Å². The zero-order chi connectivity index (χ0) is 11.1. The van der Waals surface area contributed by atoms with Crippen LogP contribution in [0.25, 0.3) is 0 Å². The van der Waals surface area contributed by atoms with Crippen LogP contribution in [0.4, 0.5) is 0 Å². The van der Waals surface area contributed by atoms with E-state index in [0.29, 0.717) is 0 Å². The summed E-state index contributed by atoms with van der Waals surface area (Å²) in [5.41, 5.74) is 0.0589. The first-order valence-electron chi connectivity index (χ1n) is 5.19. The summed E-state index contributed by atoms with van der Waals surface area (Å²) in [5.74, 6) is 0.211. The second-order valence-electron chi connectivity index (χ2n) is 5.58. The number of amides is 1.